The van der Waals surface area contributed by atoms with Gasteiger partial charge in [-0.05, 0) is 17.7 Å². The highest BCUT2D eigenvalue weighted by Gasteiger charge is 2.17. The first-order valence-corrected chi connectivity index (χ1v) is 5.40. The predicted molar refractivity (Wildman–Crippen MR) is 62.9 cm³/mol. The molecule has 94 valence electrons. The lowest BCUT2D eigenvalue weighted by Gasteiger charge is -2.20. The molecule has 0 aliphatic heterocycles. The molecule has 17 heavy (non-hydrogen) atoms. The lowest BCUT2D eigenvalue weighted by atomic mass is 10.2. The van der Waals surface area contributed by atoms with Crippen molar-refractivity contribution >= 4 is 17.5 Å². The molecule has 1 atom stereocenters. The van der Waals surface area contributed by atoms with Gasteiger partial charge in [-0.1, -0.05) is 17.7 Å². The van der Waals surface area contributed by atoms with Crippen LogP contribution in [0.1, 0.15) is 5.56 Å². The summed E-state index contributed by atoms with van der Waals surface area (Å²) in [5, 5.41) is 9.27. The van der Waals surface area contributed by atoms with Gasteiger partial charge < -0.3 is 15.7 Å². The Bertz CT molecular complexity index is 414. The molecular weight excluding hydrogens is 247 g/mol. The molecule has 0 fully saturated rings. The van der Waals surface area contributed by atoms with E-state index in [4.69, 9.17) is 17.3 Å². The molecule has 0 aliphatic carbocycles. The number of halogens is 2. The summed E-state index contributed by atoms with van der Waals surface area (Å²) in [7, 11) is 1.53. The number of amides is 1. The molecule has 3 N–H and O–H groups in total. The zero-order valence-electron chi connectivity index (χ0n) is 9.36. The van der Waals surface area contributed by atoms with E-state index >= 15 is 0 Å². The van der Waals surface area contributed by atoms with Gasteiger partial charge in [0.1, 0.15) is 11.9 Å². The van der Waals surface area contributed by atoms with Gasteiger partial charge in [-0.3, -0.25) is 4.79 Å². The number of likely N-dealkylation sites (N-methyl/N-ethyl adjacent to an activating group) is 1. The first kappa shape index (κ1) is 13.9. The molecule has 0 saturated carbocycles. The molecule has 1 aromatic rings. The predicted octanol–water partition coefficient (Wildman–Crippen LogP) is 0.757. The molecular formula is C11H14ClFN2O2. The van der Waals surface area contributed by atoms with E-state index in [-0.39, 0.29) is 18.1 Å². The minimum Gasteiger partial charge on any atom is -0.382 e. The standard InChI is InChI=1S/C11H14ClFN2O2/c1-15(11(17)10(16)5-14)6-7-2-3-9(13)8(12)4-7/h2-4,10,16H,5-6,14H2,1H3. The molecule has 0 bridgehead atoms. The number of nitrogens with zero attached hydrogens (tertiary/aromatic N) is 1. The maximum Gasteiger partial charge on any atom is 0.252 e. The molecule has 0 radical (unpaired) electrons. The lowest BCUT2D eigenvalue weighted by molar-refractivity contribution is -0.138. The number of aliphatic hydroxyl groups excluding tert-OH is 1. The van der Waals surface area contributed by atoms with E-state index in [0.717, 1.165) is 0 Å². The van der Waals surface area contributed by atoms with Crippen LogP contribution in [0, 0.1) is 5.82 Å². The highest BCUT2D eigenvalue weighted by atomic mass is 35.5. The van der Waals surface area contributed by atoms with Crippen LogP contribution in [0.3, 0.4) is 0 Å². The van der Waals surface area contributed by atoms with E-state index in [9.17, 15) is 14.3 Å². The van der Waals surface area contributed by atoms with Crippen LogP contribution >= 0.6 is 11.6 Å². The van der Waals surface area contributed by atoms with Gasteiger partial charge in [-0.2, -0.15) is 0 Å². The quantitative estimate of drug-likeness (QED) is 0.840. The van der Waals surface area contributed by atoms with Crippen molar-refractivity contribution in [1.29, 1.82) is 0 Å². The molecule has 1 unspecified atom stereocenters. The number of hydrogen-bond donors (Lipinski definition) is 2. The zero-order valence-corrected chi connectivity index (χ0v) is 10.1. The van der Waals surface area contributed by atoms with Gasteiger partial charge in [0.05, 0.1) is 5.02 Å². The lowest BCUT2D eigenvalue weighted by Crippen LogP contribution is -2.40. The Kier molecular flexibility index (Phi) is 4.86. The number of rotatable bonds is 4. The van der Waals surface area contributed by atoms with Crippen LogP contribution in [0.15, 0.2) is 18.2 Å². The van der Waals surface area contributed by atoms with Gasteiger partial charge in [0.25, 0.3) is 5.91 Å². The van der Waals surface area contributed by atoms with Crippen molar-refractivity contribution in [3.05, 3.63) is 34.6 Å². The summed E-state index contributed by atoms with van der Waals surface area (Å²) in [4.78, 5) is 12.8. The van der Waals surface area contributed by atoms with Crippen molar-refractivity contribution in [2.75, 3.05) is 13.6 Å². The Hall–Kier alpha value is -1.17. The Balaban J connectivity index is 2.71. The van der Waals surface area contributed by atoms with E-state index in [1.54, 1.807) is 0 Å². The van der Waals surface area contributed by atoms with Gasteiger partial charge in [0.15, 0.2) is 0 Å². The summed E-state index contributed by atoms with van der Waals surface area (Å²) in [6.07, 6.45) is -1.21. The second kappa shape index (κ2) is 5.95. The number of hydrogen-bond acceptors (Lipinski definition) is 3. The van der Waals surface area contributed by atoms with Crippen LogP contribution < -0.4 is 5.73 Å². The molecule has 0 aromatic heterocycles. The van der Waals surface area contributed by atoms with Gasteiger partial charge >= 0.3 is 0 Å². The monoisotopic (exact) mass is 260 g/mol. The SMILES string of the molecule is CN(Cc1ccc(F)c(Cl)c1)C(=O)C(O)CN. The molecule has 0 saturated heterocycles. The van der Waals surface area contributed by atoms with Crippen LogP contribution in [0.5, 0.6) is 0 Å². The van der Waals surface area contributed by atoms with Gasteiger partial charge in [-0.15, -0.1) is 0 Å². The molecule has 1 amide bonds. The molecule has 0 heterocycles. The highest BCUT2D eigenvalue weighted by molar-refractivity contribution is 6.30. The fourth-order valence-corrected chi connectivity index (χ4v) is 1.55. The smallest absolute Gasteiger partial charge is 0.252 e. The number of carbonyl (C=O) groups excluding carboxylic acids is 1. The van der Waals surface area contributed by atoms with Crippen LogP contribution in [0.25, 0.3) is 0 Å². The second-order valence-electron chi connectivity index (χ2n) is 3.69. The highest BCUT2D eigenvalue weighted by Crippen LogP contribution is 2.17. The Morgan fingerprint density at radius 1 is 1.65 bits per heavy atom. The Morgan fingerprint density at radius 3 is 2.82 bits per heavy atom. The minimum absolute atomic E-state index is 0.00252. The summed E-state index contributed by atoms with van der Waals surface area (Å²) in [5.74, 6) is -0.987. The van der Waals surface area contributed by atoms with Gasteiger partial charge in [-0.25, -0.2) is 4.39 Å². The van der Waals surface area contributed by atoms with Crippen LogP contribution in [0.4, 0.5) is 4.39 Å². The normalized spacial score (nSPS) is 12.3. The van der Waals surface area contributed by atoms with E-state index in [1.165, 1.54) is 30.1 Å². The van der Waals surface area contributed by atoms with Crippen LogP contribution in [0.2, 0.25) is 5.02 Å². The molecule has 4 nitrogen and oxygen atoms in total. The first-order chi connectivity index (χ1) is 7.95. The van der Waals surface area contributed by atoms with E-state index in [0.29, 0.717) is 5.56 Å². The average Bonchev–Trinajstić information content (AvgIpc) is 2.31. The van der Waals surface area contributed by atoms with Gasteiger partial charge in [0.2, 0.25) is 0 Å². The minimum atomic E-state index is -1.21. The van der Waals surface area contributed by atoms with E-state index in [2.05, 4.69) is 0 Å². The summed E-state index contributed by atoms with van der Waals surface area (Å²) in [5.41, 5.74) is 5.86. The van der Waals surface area contributed by atoms with Crippen molar-refractivity contribution in [3.63, 3.8) is 0 Å². The maximum atomic E-state index is 12.9. The summed E-state index contributed by atoms with van der Waals surface area (Å²) in [6, 6.07) is 4.20. The van der Waals surface area contributed by atoms with Crippen LogP contribution in [-0.2, 0) is 11.3 Å². The molecule has 6 heteroatoms. The van der Waals surface area contributed by atoms with E-state index < -0.39 is 17.8 Å². The molecule has 0 aliphatic rings. The van der Waals surface area contributed by atoms with Crippen molar-refractivity contribution in [3.8, 4) is 0 Å². The summed E-state index contributed by atoms with van der Waals surface area (Å²) >= 11 is 5.62. The molecule has 1 rings (SSSR count). The first-order valence-electron chi connectivity index (χ1n) is 5.02. The average molecular weight is 261 g/mol. The second-order valence-corrected chi connectivity index (χ2v) is 4.10. The molecule has 1 aromatic carbocycles. The number of aliphatic hydroxyl groups is 1. The number of carbonyl (C=O) groups is 1. The fraction of sp³-hybridized carbons (Fsp3) is 0.364. The third kappa shape index (κ3) is 3.66. The van der Waals surface area contributed by atoms with Crippen molar-refractivity contribution in [1.82, 2.24) is 4.90 Å². The van der Waals surface area contributed by atoms with Gasteiger partial charge in [0, 0.05) is 20.1 Å². The third-order valence-electron chi connectivity index (χ3n) is 2.29. The molecule has 0 spiro atoms. The fourth-order valence-electron chi connectivity index (χ4n) is 1.34. The third-order valence-corrected chi connectivity index (χ3v) is 2.58. The van der Waals surface area contributed by atoms with E-state index in [1.807, 2.05) is 0 Å². The summed E-state index contributed by atoms with van der Waals surface area (Å²) < 4.78 is 12.9. The van der Waals surface area contributed by atoms with Crippen molar-refractivity contribution < 1.29 is 14.3 Å². The van der Waals surface area contributed by atoms with Crippen molar-refractivity contribution in [2.24, 2.45) is 5.73 Å². The number of benzene rings is 1. The largest absolute Gasteiger partial charge is 0.382 e. The van der Waals surface area contributed by atoms with Crippen molar-refractivity contribution in [2.45, 2.75) is 12.6 Å². The topological polar surface area (TPSA) is 66.6 Å². The van der Waals surface area contributed by atoms with Crippen LogP contribution in [-0.4, -0.2) is 35.6 Å². The Labute approximate surface area is 104 Å². The Morgan fingerprint density at radius 2 is 2.29 bits per heavy atom. The summed E-state index contributed by atoms with van der Waals surface area (Å²) in [6.45, 7) is 0.100. The maximum absolute atomic E-state index is 12.9. The number of nitrogens with two attached hydrogens (primary N) is 1. The zero-order chi connectivity index (χ0) is 13.0.